The molecule has 1 heterocycles. The van der Waals surface area contributed by atoms with Gasteiger partial charge in [0.2, 0.25) is 5.91 Å². The molecule has 2 rings (SSSR count). The van der Waals surface area contributed by atoms with Gasteiger partial charge in [-0.2, -0.15) is 0 Å². The van der Waals surface area contributed by atoms with Crippen LogP contribution in [0.15, 0.2) is 35.7 Å². The Balaban J connectivity index is 1.85. The Morgan fingerprint density at radius 1 is 1.26 bits per heavy atom. The highest BCUT2D eigenvalue weighted by atomic mass is 32.1. The smallest absolute Gasteiger partial charge is 0.355 e. The number of nitrogens with zero attached hydrogens (tertiary/aromatic N) is 1. The fraction of sp³-hybridized carbons (Fsp3) is 0.154. The third-order valence-electron chi connectivity index (χ3n) is 2.45. The zero-order valence-corrected chi connectivity index (χ0v) is 10.8. The van der Waals surface area contributed by atoms with Crippen LogP contribution in [0.3, 0.4) is 0 Å². The van der Waals surface area contributed by atoms with Crippen LogP contribution >= 0.6 is 11.3 Å². The number of aromatic nitrogens is 1. The van der Waals surface area contributed by atoms with E-state index in [1.807, 2.05) is 30.3 Å². The van der Waals surface area contributed by atoms with Crippen LogP contribution in [0.5, 0.6) is 0 Å². The van der Waals surface area contributed by atoms with Gasteiger partial charge in [0, 0.05) is 11.8 Å². The molecule has 0 radical (unpaired) electrons. The van der Waals surface area contributed by atoms with Gasteiger partial charge in [-0.1, -0.05) is 30.3 Å². The first-order valence-corrected chi connectivity index (χ1v) is 6.56. The Kier molecular flexibility index (Phi) is 4.25. The molecule has 6 heteroatoms. The molecule has 0 bridgehead atoms. The number of carbonyl (C=O) groups excluding carboxylic acids is 1. The predicted octanol–water partition coefficient (Wildman–Crippen LogP) is 2.41. The van der Waals surface area contributed by atoms with Crippen LogP contribution in [0.4, 0.5) is 5.13 Å². The van der Waals surface area contributed by atoms with E-state index in [1.165, 1.54) is 5.38 Å². The summed E-state index contributed by atoms with van der Waals surface area (Å²) >= 11 is 1.10. The summed E-state index contributed by atoms with van der Waals surface area (Å²) in [6.45, 7) is 0. The van der Waals surface area contributed by atoms with Gasteiger partial charge >= 0.3 is 5.97 Å². The van der Waals surface area contributed by atoms with Gasteiger partial charge in [0.05, 0.1) is 0 Å². The molecule has 2 aromatic rings. The minimum absolute atomic E-state index is 0.0524. The zero-order valence-electron chi connectivity index (χ0n) is 10.00. The molecule has 0 fully saturated rings. The molecule has 1 aromatic heterocycles. The summed E-state index contributed by atoms with van der Waals surface area (Å²) in [5.41, 5.74) is 1.03. The maximum Gasteiger partial charge on any atom is 0.355 e. The molecule has 0 saturated carbocycles. The molecule has 0 saturated heterocycles. The van der Waals surface area contributed by atoms with Crippen molar-refractivity contribution in [1.29, 1.82) is 0 Å². The Morgan fingerprint density at radius 2 is 2.00 bits per heavy atom. The number of carboxylic acids is 1. The van der Waals surface area contributed by atoms with Gasteiger partial charge in [-0.15, -0.1) is 11.3 Å². The van der Waals surface area contributed by atoms with Crippen molar-refractivity contribution in [3.8, 4) is 0 Å². The fourth-order valence-electron chi connectivity index (χ4n) is 1.51. The summed E-state index contributed by atoms with van der Waals surface area (Å²) in [6, 6.07) is 9.69. The number of aryl methyl sites for hydroxylation is 1. The van der Waals surface area contributed by atoms with Gasteiger partial charge in [0.25, 0.3) is 0 Å². The lowest BCUT2D eigenvalue weighted by molar-refractivity contribution is -0.116. The molecule has 0 unspecified atom stereocenters. The van der Waals surface area contributed by atoms with E-state index in [9.17, 15) is 9.59 Å². The minimum atomic E-state index is -1.10. The lowest BCUT2D eigenvalue weighted by Gasteiger charge is -2.01. The van der Waals surface area contributed by atoms with E-state index in [0.717, 1.165) is 16.9 Å². The molecule has 98 valence electrons. The number of nitrogens with one attached hydrogen (secondary N) is 1. The van der Waals surface area contributed by atoms with Crippen LogP contribution in [-0.4, -0.2) is 22.0 Å². The summed E-state index contributed by atoms with van der Waals surface area (Å²) in [7, 11) is 0. The molecule has 1 amide bonds. The van der Waals surface area contributed by atoms with Crippen molar-refractivity contribution in [3.63, 3.8) is 0 Å². The molecule has 19 heavy (non-hydrogen) atoms. The number of benzene rings is 1. The van der Waals surface area contributed by atoms with Gasteiger partial charge in [0.1, 0.15) is 0 Å². The van der Waals surface area contributed by atoms with Gasteiger partial charge in [-0.3, -0.25) is 4.79 Å². The molecule has 2 N–H and O–H groups in total. The second-order valence-corrected chi connectivity index (χ2v) is 4.73. The number of amides is 1. The number of anilines is 1. The number of hydrogen-bond acceptors (Lipinski definition) is 4. The predicted molar refractivity (Wildman–Crippen MR) is 72.5 cm³/mol. The Bertz CT molecular complexity index is 581. The van der Waals surface area contributed by atoms with E-state index >= 15 is 0 Å². The molecule has 0 atom stereocenters. The zero-order chi connectivity index (χ0) is 13.7. The summed E-state index contributed by atoms with van der Waals surface area (Å²) in [6.07, 6.45) is 0.982. The quantitative estimate of drug-likeness (QED) is 0.879. The highest BCUT2D eigenvalue weighted by Crippen LogP contribution is 2.15. The highest BCUT2D eigenvalue weighted by Gasteiger charge is 2.10. The number of carbonyl (C=O) groups is 2. The van der Waals surface area contributed by atoms with Crippen LogP contribution in [0.25, 0.3) is 0 Å². The average Bonchev–Trinajstić information content (AvgIpc) is 2.86. The van der Waals surface area contributed by atoms with Crippen molar-refractivity contribution in [2.24, 2.45) is 0 Å². The summed E-state index contributed by atoms with van der Waals surface area (Å²) in [5.74, 6) is -1.27. The van der Waals surface area contributed by atoms with Gasteiger partial charge in [-0.25, -0.2) is 9.78 Å². The topological polar surface area (TPSA) is 79.3 Å². The number of thiazole rings is 1. The van der Waals surface area contributed by atoms with Crippen LogP contribution in [-0.2, 0) is 11.2 Å². The van der Waals surface area contributed by atoms with Crippen molar-refractivity contribution < 1.29 is 14.7 Å². The molecule has 0 spiro atoms. The Hall–Kier alpha value is -2.21. The maximum absolute atomic E-state index is 11.7. The van der Waals surface area contributed by atoms with E-state index < -0.39 is 5.97 Å². The standard InChI is InChI=1S/C13H12N2O3S/c16-11(7-6-9-4-2-1-3-5-9)15-13-14-10(8-19-13)12(17)18/h1-5,8H,6-7H2,(H,17,18)(H,14,15,16). The monoisotopic (exact) mass is 276 g/mol. The number of hydrogen-bond donors (Lipinski definition) is 2. The van der Waals surface area contributed by atoms with Crippen molar-refractivity contribution in [1.82, 2.24) is 4.98 Å². The summed E-state index contributed by atoms with van der Waals surface area (Å²) in [4.78, 5) is 26.1. The first-order chi connectivity index (χ1) is 9.15. The second kappa shape index (κ2) is 6.10. The Morgan fingerprint density at radius 3 is 2.63 bits per heavy atom. The van der Waals surface area contributed by atoms with E-state index in [1.54, 1.807) is 0 Å². The van der Waals surface area contributed by atoms with Crippen LogP contribution < -0.4 is 5.32 Å². The van der Waals surface area contributed by atoms with Crippen molar-refractivity contribution in [2.45, 2.75) is 12.8 Å². The highest BCUT2D eigenvalue weighted by molar-refractivity contribution is 7.14. The van der Waals surface area contributed by atoms with Crippen molar-refractivity contribution in [3.05, 3.63) is 47.0 Å². The molecule has 0 aliphatic carbocycles. The van der Waals surface area contributed by atoms with Crippen LogP contribution in [0.1, 0.15) is 22.5 Å². The average molecular weight is 276 g/mol. The Labute approximate surface area is 113 Å². The van der Waals surface area contributed by atoms with E-state index in [2.05, 4.69) is 10.3 Å². The maximum atomic E-state index is 11.7. The fourth-order valence-corrected chi connectivity index (χ4v) is 2.21. The minimum Gasteiger partial charge on any atom is -0.476 e. The van der Waals surface area contributed by atoms with E-state index in [4.69, 9.17) is 5.11 Å². The third kappa shape index (κ3) is 3.89. The van der Waals surface area contributed by atoms with Crippen molar-refractivity contribution in [2.75, 3.05) is 5.32 Å². The van der Waals surface area contributed by atoms with Gasteiger partial charge in [-0.05, 0) is 12.0 Å². The SMILES string of the molecule is O=C(CCc1ccccc1)Nc1nc(C(=O)O)cs1. The normalized spacial score (nSPS) is 10.1. The first kappa shape index (κ1) is 13.2. The first-order valence-electron chi connectivity index (χ1n) is 5.68. The molecule has 0 aliphatic rings. The third-order valence-corrected chi connectivity index (χ3v) is 3.21. The van der Waals surface area contributed by atoms with Crippen LogP contribution in [0, 0.1) is 0 Å². The van der Waals surface area contributed by atoms with E-state index in [0.29, 0.717) is 18.0 Å². The largest absolute Gasteiger partial charge is 0.476 e. The summed E-state index contributed by atoms with van der Waals surface area (Å²) < 4.78 is 0. The van der Waals surface area contributed by atoms with E-state index in [-0.39, 0.29) is 11.6 Å². The lowest BCUT2D eigenvalue weighted by Crippen LogP contribution is -2.12. The van der Waals surface area contributed by atoms with Gasteiger partial charge < -0.3 is 10.4 Å². The molecular weight excluding hydrogens is 264 g/mol. The van der Waals surface area contributed by atoms with Gasteiger partial charge in [0.15, 0.2) is 10.8 Å². The molecule has 0 aliphatic heterocycles. The van der Waals surface area contributed by atoms with Crippen LogP contribution in [0.2, 0.25) is 0 Å². The number of carboxylic acid groups (broad SMARTS) is 1. The molecule has 1 aromatic carbocycles. The lowest BCUT2D eigenvalue weighted by atomic mass is 10.1. The number of rotatable bonds is 5. The summed E-state index contributed by atoms with van der Waals surface area (Å²) in [5, 5.41) is 13.0. The molecular formula is C13H12N2O3S. The second-order valence-electron chi connectivity index (χ2n) is 3.88. The number of aromatic carboxylic acids is 1. The molecule has 5 nitrogen and oxygen atoms in total. The van der Waals surface area contributed by atoms with Crippen molar-refractivity contribution >= 4 is 28.3 Å².